The Morgan fingerprint density at radius 2 is 0.481 bits per heavy atom. The van der Waals surface area contributed by atoms with Gasteiger partial charge in [-0.15, -0.1) is 0 Å². The maximum Gasteiger partial charge on any atom is 0.00369 e. The van der Waals surface area contributed by atoms with Gasteiger partial charge in [-0.3, -0.25) is 0 Å². The van der Waals surface area contributed by atoms with Gasteiger partial charge in [0.1, 0.15) is 0 Å². The minimum Gasteiger partial charge on any atom is -0.0942 e. The molecule has 27 heavy (non-hydrogen) atoms. The average Bonchev–Trinajstić information content (AvgIpc) is 2.68. The zero-order chi connectivity index (χ0) is 19.7. The molecule has 0 amide bonds. The Labute approximate surface area is 179 Å². The van der Waals surface area contributed by atoms with Gasteiger partial charge in [0, 0.05) is 5.75 Å². The molecule has 0 aliphatic carbocycles. The van der Waals surface area contributed by atoms with Gasteiger partial charge >= 0.3 is 0 Å². The molecule has 0 bridgehead atoms. The summed E-state index contributed by atoms with van der Waals surface area (Å²) in [5.41, 5.74) is 0. The molecule has 0 rings (SSSR count). The summed E-state index contributed by atoms with van der Waals surface area (Å²) >= 11 is 4.98. The summed E-state index contributed by atoms with van der Waals surface area (Å²) in [7, 11) is 0. The quantitative estimate of drug-likeness (QED) is 0.142. The van der Waals surface area contributed by atoms with Gasteiger partial charge in [0.25, 0.3) is 0 Å². The summed E-state index contributed by atoms with van der Waals surface area (Å²) in [6.07, 6.45) is 34.9. The highest BCUT2D eigenvalue weighted by molar-refractivity contribution is 7.80. The summed E-state index contributed by atoms with van der Waals surface area (Å²) in [6, 6.07) is 0. The lowest BCUT2D eigenvalue weighted by atomic mass is 10.0. The Balaban J connectivity index is 2.95. The van der Waals surface area contributed by atoms with Crippen LogP contribution in [-0.4, -0.2) is 5.75 Å². The van der Waals surface area contributed by atoms with E-state index in [1.165, 1.54) is 154 Å². The average molecular weight is 398 g/mol. The van der Waals surface area contributed by atoms with Crippen molar-refractivity contribution in [2.24, 2.45) is 0 Å². The van der Waals surface area contributed by atoms with Crippen LogP contribution in [0.15, 0.2) is 0 Å². The first kappa shape index (κ1) is 27.4. The molecule has 0 heterocycles. The lowest BCUT2D eigenvalue weighted by molar-refractivity contribution is 0.518. The highest BCUT2D eigenvalue weighted by Crippen LogP contribution is 2.15. The predicted molar refractivity (Wildman–Crippen MR) is 129 cm³/mol. The Kier molecular flexibility index (Phi) is 26.7. The molecule has 0 nitrogen and oxygen atoms in total. The Morgan fingerprint density at radius 3 is 0.667 bits per heavy atom. The van der Waals surface area contributed by atoms with Crippen LogP contribution in [0.3, 0.4) is 0 Å². The fourth-order valence-electron chi connectivity index (χ4n) is 4.06. The summed E-state index contributed by atoms with van der Waals surface area (Å²) in [5, 5.41) is 0. The maximum atomic E-state index is 4.98. The summed E-state index contributed by atoms with van der Waals surface area (Å²) in [5.74, 6) is 0.958. The van der Waals surface area contributed by atoms with Gasteiger partial charge in [-0.2, -0.15) is 0 Å². The van der Waals surface area contributed by atoms with Gasteiger partial charge in [-0.05, 0) is 6.42 Å². The van der Waals surface area contributed by atoms with Crippen LogP contribution in [0.4, 0.5) is 0 Å². The fraction of sp³-hybridized carbons (Fsp3) is 1.00. The smallest absolute Gasteiger partial charge is 0.00369 e. The molecule has 0 saturated carbocycles. The van der Waals surface area contributed by atoms with Crippen LogP contribution >= 0.6 is 12.6 Å². The van der Waals surface area contributed by atoms with Crippen molar-refractivity contribution in [3.63, 3.8) is 0 Å². The van der Waals surface area contributed by atoms with E-state index < -0.39 is 0 Å². The van der Waals surface area contributed by atoms with Gasteiger partial charge in [-0.25, -0.2) is 0 Å². The molecule has 0 saturated heterocycles. The molecule has 0 spiro atoms. The maximum absolute atomic E-state index is 4.98. The topological polar surface area (TPSA) is 0 Å². The first-order chi connectivity index (χ1) is 13.4. The molecule has 0 aromatic heterocycles. The zero-order valence-corrected chi connectivity index (χ0v) is 19.9. The van der Waals surface area contributed by atoms with Crippen LogP contribution in [-0.2, 0) is 0 Å². The zero-order valence-electron chi connectivity index (χ0n) is 19.1. The molecule has 0 aromatic carbocycles. The molecule has 0 aliphatic rings. The molecular weight excluding hydrogens is 344 g/mol. The van der Waals surface area contributed by atoms with E-state index >= 15 is 0 Å². The molecule has 0 aromatic rings. The second-order valence-electron chi connectivity index (χ2n) is 8.84. The SMILES string of the molecule is CCCCCCCCCCCCCCCCCCCCCCCCCC[S]. The minimum absolute atomic E-state index is 0.958. The third-order valence-electron chi connectivity index (χ3n) is 6.00. The standard InChI is InChI=1S/C26H53S/c1-2-3-4-5-6-7-8-9-10-11-12-13-14-15-16-17-18-19-20-21-22-23-24-25-26-27/h2-26H2,1H3. The fourth-order valence-corrected chi connectivity index (χ4v) is 4.27. The van der Waals surface area contributed by atoms with Crippen LogP contribution in [0.25, 0.3) is 0 Å². The predicted octanol–water partition coefficient (Wildman–Crippen LogP) is 10.6. The molecule has 0 N–H and O–H groups in total. The van der Waals surface area contributed by atoms with Crippen molar-refractivity contribution in [1.82, 2.24) is 0 Å². The largest absolute Gasteiger partial charge is 0.0942 e. The molecule has 163 valence electrons. The van der Waals surface area contributed by atoms with Crippen LogP contribution in [0.5, 0.6) is 0 Å². The van der Waals surface area contributed by atoms with E-state index in [9.17, 15) is 0 Å². The van der Waals surface area contributed by atoms with E-state index in [0.29, 0.717) is 0 Å². The van der Waals surface area contributed by atoms with E-state index in [1.54, 1.807) is 0 Å². The highest BCUT2D eigenvalue weighted by atomic mass is 32.1. The molecule has 0 fully saturated rings. The van der Waals surface area contributed by atoms with Gasteiger partial charge in [0.2, 0.25) is 0 Å². The number of hydrogen-bond donors (Lipinski definition) is 0. The van der Waals surface area contributed by atoms with Crippen molar-refractivity contribution in [3.8, 4) is 0 Å². The second kappa shape index (κ2) is 26.4. The second-order valence-corrected chi connectivity index (χ2v) is 9.24. The van der Waals surface area contributed by atoms with E-state index in [4.69, 9.17) is 12.6 Å². The Bertz CT molecular complexity index is 214. The van der Waals surface area contributed by atoms with Gasteiger partial charge in [-0.1, -0.05) is 167 Å². The first-order valence-electron chi connectivity index (χ1n) is 13.0. The molecule has 1 radical (unpaired) electrons. The van der Waals surface area contributed by atoms with Gasteiger partial charge in [0.15, 0.2) is 0 Å². The lowest BCUT2D eigenvalue weighted by Gasteiger charge is -2.04. The van der Waals surface area contributed by atoms with Crippen molar-refractivity contribution in [3.05, 3.63) is 0 Å². The van der Waals surface area contributed by atoms with E-state index in [-0.39, 0.29) is 0 Å². The van der Waals surface area contributed by atoms with Gasteiger partial charge < -0.3 is 0 Å². The van der Waals surface area contributed by atoms with E-state index in [1.807, 2.05) is 0 Å². The molecule has 1 heteroatoms. The van der Waals surface area contributed by atoms with E-state index in [0.717, 1.165) is 5.75 Å². The summed E-state index contributed by atoms with van der Waals surface area (Å²) in [6.45, 7) is 2.30. The monoisotopic (exact) mass is 397 g/mol. The molecule has 0 unspecified atom stereocenters. The number of rotatable bonds is 24. The van der Waals surface area contributed by atoms with Crippen molar-refractivity contribution < 1.29 is 0 Å². The van der Waals surface area contributed by atoms with Gasteiger partial charge in [0.05, 0.1) is 0 Å². The third-order valence-corrected chi connectivity index (χ3v) is 6.29. The minimum atomic E-state index is 0.958. The van der Waals surface area contributed by atoms with Crippen LogP contribution in [0.2, 0.25) is 0 Å². The Morgan fingerprint density at radius 1 is 0.296 bits per heavy atom. The van der Waals surface area contributed by atoms with Crippen molar-refractivity contribution in [2.75, 3.05) is 5.75 Å². The lowest BCUT2D eigenvalue weighted by Crippen LogP contribution is -1.84. The normalized spacial score (nSPS) is 11.3. The van der Waals surface area contributed by atoms with Crippen molar-refractivity contribution >= 4 is 12.6 Å². The van der Waals surface area contributed by atoms with Crippen LogP contribution in [0, 0.1) is 0 Å². The molecule has 0 aliphatic heterocycles. The van der Waals surface area contributed by atoms with Crippen molar-refractivity contribution in [2.45, 2.75) is 161 Å². The molecule has 0 atom stereocenters. The van der Waals surface area contributed by atoms with Crippen LogP contribution in [0.1, 0.15) is 161 Å². The number of unbranched alkanes of at least 4 members (excludes halogenated alkanes) is 23. The number of hydrogen-bond acceptors (Lipinski definition) is 0. The van der Waals surface area contributed by atoms with Crippen molar-refractivity contribution in [1.29, 1.82) is 0 Å². The third kappa shape index (κ3) is 26.4. The Hall–Kier alpha value is 0.350. The van der Waals surface area contributed by atoms with Crippen LogP contribution < -0.4 is 0 Å². The first-order valence-corrected chi connectivity index (χ1v) is 13.6. The summed E-state index contributed by atoms with van der Waals surface area (Å²) in [4.78, 5) is 0. The highest BCUT2D eigenvalue weighted by Gasteiger charge is 1.95. The van der Waals surface area contributed by atoms with E-state index in [2.05, 4.69) is 6.92 Å². The summed E-state index contributed by atoms with van der Waals surface area (Å²) < 4.78 is 0. The molecular formula is C26H53S.